The number of benzene rings is 2. The molecule has 0 heterocycles. The zero-order valence-corrected chi connectivity index (χ0v) is 13.3. The van der Waals surface area contributed by atoms with Crippen molar-refractivity contribution in [2.45, 2.75) is 32.6 Å². The van der Waals surface area contributed by atoms with Crippen LogP contribution in [0.25, 0.3) is 0 Å². The molecule has 0 bridgehead atoms. The Hall–Kier alpha value is -2.42. The van der Waals surface area contributed by atoms with Crippen molar-refractivity contribution in [2.75, 3.05) is 6.61 Å². The Labute approximate surface area is 136 Å². The van der Waals surface area contributed by atoms with Crippen molar-refractivity contribution in [2.24, 2.45) is 0 Å². The molecule has 0 aliphatic heterocycles. The molecule has 0 radical (unpaired) electrons. The number of ether oxygens (including phenoxy) is 1. The fourth-order valence-electron chi connectivity index (χ4n) is 2.94. The average Bonchev–Trinajstić information content (AvgIpc) is 2.59. The first-order valence-electron chi connectivity index (χ1n) is 8.18. The van der Waals surface area contributed by atoms with E-state index in [9.17, 15) is 9.59 Å². The van der Waals surface area contributed by atoms with Gasteiger partial charge in [0, 0.05) is 16.7 Å². The summed E-state index contributed by atoms with van der Waals surface area (Å²) in [6, 6.07) is 12.2. The molecule has 1 aliphatic rings. The van der Waals surface area contributed by atoms with Gasteiger partial charge in [0.25, 0.3) is 0 Å². The van der Waals surface area contributed by atoms with Crippen molar-refractivity contribution < 1.29 is 14.3 Å². The highest BCUT2D eigenvalue weighted by atomic mass is 16.5. The summed E-state index contributed by atoms with van der Waals surface area (Å²) in [7, 11) is 0. The number of hydrogen-bond acceptors (Lipinski definition) is 3. The van der Waals surface area contributed by atoms with E-state index in [0.717, 1.165) is 12.8 Å². The van der Waals surface area contributed by atoms with Crippen molar-refractivity contribution in [1.82, 2.24) is 0 Å². The molecule has 0 spiro atoms. The van der Waals surface area contributed by atoms with Gasteiger partial charge in [-0.2, -0.15) is 0 Å². The molecular formula is C20H20O3. The molecule has 0 amide bonds. The molecule has 0 saturated carbocycles. The Bertz CT molecular complexity index is 746. The van der Waals surface area contributed by atoms with Gasteiger partial charge in [-0.25, -0.2) is 0 Å². The van der Waals surface area contributed by atoms with Gasteiger partial charge in [-0.1, -0.05) is 62.6 Å². The third-order valence-corrected chi connectivity index (χ3v) is 4.17. The van der Waals surface area contributed by atoms with E-state index < -0.39 is 0 Å². The fourth-order valence-corrected chi connectivity index (χ4v) is 2.94. The summed E-state index contributed by atoms with van der Waals surface area (Å²) in [5.41, 5.74) is 1.79. The van der Waals surface area contributed by atoms with E-state index in [1.807, 2.05) is 0 Å². The number of fused-ring (bicyclic) bond motifs is 2. The lowest BCUT2D eigenvalue weighted by Gasteiger charge is -2.20. The van der Waals surface area contributed by atoms with Gasteiger partial charge in [-0.05, 0) is 12.5 Å². The van der Waals surface area contributed by atoms with E-state index in [0.29, 0.717) is 34.6 Å². The first-order valence-corrected chi connectivity index (χ1v) is 8.18. The number of unbranched alkanes of at least 4 members (excludes halogenated alkanes) is 3. The van der Waals surface area contributed by atoms with Gasteiger partial charge in [0.15, 0.2) is 11.6 Å². The van der Waals surface area contributed by atoms with E-state index in [4.69, 9.17) is 4.74 Å². The number of rotatable bonds is 6. The highest BCUT2D eigenvalue weighted by molar-refractivity contribution is 6.29. The molecule has 0 unspecified atom stereocenters. The minimum absolute atomic E-state index is 0.105. The molecule has 0 atom stereocenters. The van der Waals surface area contributed by atoms with Crippen LogP contribution in [-0.4, -0.2) is 18.2 Å². The zero-order chi connectivity index (χ0) is 16.2. The third-order valence-electron chi connectivity index (χ3n) is 4.17. The van der Waals surface area contributed by atoms with Crippen molar-refractivity contribution in [1.29, 1.82) is 0 Å². The highest BCUT2D eigenvalue weighted by Gasteiger charge is 2.31. The molecule has 2 aromatic carbocycles. The van der Waals surface area contributed by atoms with Crippen LogP contribution in [0.5, 0.6) is 5.75 Å². The molecule has 0 fully saturated rings. The van der Waals surface area contributed by atoms with E-state index in [1.54, 1.807) is 42.5 Å². The highest BCUT2D eigenvalue weighted by Crippen LogP contribution is 2.33. The van der Waals surface area contributed by atoms with Crippen LogP contribution in [0.1, 0.15) is 64.4 Å². The maximum absolute atomic E-state index is 12.8. The number of hydrogen-bond donors (Lipinski definition) is 0. The maximum atomic E-state index is 12.8. The summed E-state index contributed by atoms with van der Waals surface area (Å²) >= 11 is 0. The predicted molar refractivity (Wildman–Crippen MR) is 89.4 cm³/mol. The monoisotopic (exact) mass is 308 g/mol. The number of carbonyl (C=O) groups excluding carboxylic acids is 2. The molecule has 3 heteroatoms. The summed E-state index contributed by atoms with van der Waals surface area (Å²) < 4.78 is 5.81. The quantitative estimate of drug-likeness (QED) is 0.633. The predicted octanol–water partition coefficient (Wildman–Crippen LogP) is 4.42. The van der Waals surface area contributed by atoms with E-state index in [2.05, 4.69) is 6.92 Å². The number of carbonyl (C=O) groups is 2. The molecule has 0 aromatic heterocycles. The van der Waals surface area contributed by atoms with Crippen LogP contribution in [0, 0.1) is 0 Å². The van der Waals surface area contributed by atoms with Crippen LogP contribution in [0.3, 0.4) is 0 Å². The summed E-state index contributed by atoms with van der Waals surface area (Å²) in [6.45, 7) is 2.73. The van der Waals surface area contributed by atoms with Crippen LogP contribution in [0.4, 0.5) is 0 Å². The Morgan fingerprint density at radius 1 is 0.783 bits per heavy atom. The average molecular weight is 308 g/mol. The van der Waals surface area contributed by atoms with E-state index >= 15 is 0 Å². The normalized spacial score (nSPS) is 12.7. The summed E-state index contributed by atoms with van der Waals surface area (Å²) in [4.78, 5) is 25.4. The Kier molecular flexibility index (Phi) is 4.56. The minimum Gasteiger partial charge on any atom is -0.493 e. The van der Waals surface area contributed by atoms with Crippen LogP contribution in [0.2, 0.25) is 0 Å². The van der Waals surface area contributed by atoms with Gasteiger partial charge in [0.2, 0.25) is 0 Å². The molecular weight excluding hydrogens is 288 g/mol. The molecule has 3 nitrogen and oxygen atoms in total. The largest absolute Gasteiger partial charge is 0.493 e. The van der Waals surface area contributed by atoms with Crippen molar-refractivity contribution in [3.63, 3.8) is 0 Å². The first-order chi connectivity index (χ1) is 11.2. The van der Waals surface area contributed by atoms with Crippen LogP contribution >= 0.6 is 0 Å². The summed E-state index contributed by atoms with van der Waals surface area (Å²) in [5.74, 6) is 0.290. The molecule has 3 rings (SSSR count). The smallest absolute Gasteiger partial charge is 0.198 e. The Morgan fingerprint density at radius 3 is 2.22 bits per heavy atom. The molecule has 23 heavy (non-hydrogen) atoms. The summed E-state index contributed by atoms with van der Waals surface area (Å²) in [5, 5.41) is 0. The van der Waals surface area contributed by atoms with Gasteiger partial charge >= 0.3 is 0 Å². The molecule has 0 N–H and O–H groups in total. The second-order valence-corrected chi connectivity index (χ2v) is 5.79. The molecule has 1 aliphatic carbocycles. The topological polar surface area (TPSA) is 43.4 Å². The lowest BCUT2D eigenvalue weighted by Crippen LogP contribution is -2.21. The van der Waals surface area contributed by atoms with Crippen molar-refractivity contribution >= 4 is 11.6 Å². The van der Waals surface area contributed by atoms with Crippen molar-refractivity contribution in [3.05, 3.63) is 64.7 Å². The maximum Gasteiger partial charge on any atom is 0.198 e. The zero-order valence-electron chi connectivity index (χ0n) is 13.3. The molecule has 118 valence electrons. The van der Waals surface area contributed by atoms with Crippen LogP contribution in [0.15, 0.2) is 42.5 Å². The lowest BCUT2D eigenvalue weighted by atomic mass is 9.83. The van der Waals surface area contributed by atoms with Gasteiger partial charge in [-0.3, -0.25) is 9.59 Å². The molecule has 0 saturated heterocycles. The standard InChI is InChI=1S/C20H20O3/c1-2-3-4-7-13-23-17-12-8-11-16-18(17)20(22)15-10-6-5-9-14(15)19(16)21/h5-6,8-12H,2-4,7,13H2,1H3. The fraction of sp³-hybridized carbons (Fsp3) is 0.300. The minimum atomic E-state index is -0.126. The van der Waals surface area contributed by atoms with Gasteiger partial charge in [0.05, 0.1) is 12.2 Å². The van der Waals surface area contributed by atoms with Crippen LogP contribution in [-0.2, 0) is 0 Å². The molecule has 2 aromatic rings. The third kappa shape index (κ3) is 2.91. The lowest BCUT2D eigenvalue weighted by molar-refractivity contribution is 0.0975. The second-order valence-electron chi connectivity index (χ2n) is 5.79. The Morgan fingerprint density at radius 2 is 1.48 bits per heavy atom. The van der Waals surface area contributed by atoms with E-state index in [1.165, 1.54) is 12.8 Å². The van der Waals surface area contributed by atoms with Gasteiger partial charge in [-0.15, -0.1) is 0 Å². The van der Waals surface area contributed by atoms with E-state index in [-0.39, 0.29) is 11.6 Å². The van der Waals surface area contributed by atoms with Gasteiger partial charge in [0.1, 0.15) is 5.75 Å². The van der Waals surface area contributed by atoms with Crippen LogP contribution < -0.4 is 4.74 Å². The second kappa shape index (κ2) is 6.78. The van der Waals surface area contributed by atoms with Crippen molar-refractivity contribution in [3.8, 4) is 5.75 Å². The SMILES string of the molecule is CCCCCCOc1cccc2c1C(=O)c1ccccc1C2=O. The van der Waals surface area contributed by atoms with Gasteiger partial charge < -0.3 is 4.74 Å². The first kappa shape index (κ1) is 15.5. The summed E-state index contributed by atoms with van der Waals surface area (Å²) in [6.07, 6.45) is 4.42. The number of ketones is 2. The Balaban J connectivity index is 1.88.